The van der Waals surface area contributed by atoms with Gasteiger partial charge in [0.25, 0.3) is 0 Å². The molecule has 0 aromatic heterocycles. The van der Waals surface area contributed by atoms with Gasteiger partial charge in [0.2, 0.25) is 0 Å². The molecule has 0 aliphatic heterocycles. The molecule has 19 heavy (non-hydrogen) atoms. The fourth-order valence-electron chi connectivity index (χ4n) is 1.84. The summed E-state index contributed by atoms with van der Waals surface area (Å²) in [4.78, 5) is 0. The summed E-state index contributed by atoms with van der Waals surface area (Å²) in [6.07, 6.45) is 6.51. The molecule has 0 heterocycles. The molecule has 1 aromatic carbocycles. The zero-order valence-corrected chi connectivity index (χ0v) is 12.5. The van der Waals surface area contributed by atoms with Crippen LogP contribution in [0.4, 0.5) is 0 Å². The molecule has 0 unspecified atom stereocenters. The van der Waals surface area contributed by atoms with Crippen LogP contribution in [0.2, 0.25) is 5.02 Å². The van der Waals surface area contributed by atoms with E-state index in [1.165, 1.54) is 12.8 Å². The Morgan fingerprint density at radius 1 is 1.32 bits per heavy atom. The molecule has 3 heteroatoms. The monoisotopic (exact) mass is 281 g/mol. The lowest BCUT2D eigenvalue weighted by Gasteiger charge is -2.12. The average Bonchev–Trinajstić information content (AvgIpc) is 2.42. The molecule has 0 amide bonds. The molecular weight excluding hydrogens is 258 g/mol. The van der Waals surface area contributed by atoms with E-state index in [1.54, 1.807) is 0 Å². The van der Waals surface area contributed by atoms with E-state index in [9.17, 15) is 0 Å². The van der Waals surface area contributed by atoms with Crippen molar-refractivity contribution in [3.63, 3.8) is 0 Å². The molecule has 0 aliphatic carbocycles. The SMILES string of the molecule is C=CCCCCCOc1ccc(Cl)cc1CNCC. The summed E-state index contributed by atoms with van der Waals surface area (Å²) in [6, 6.07) is 5.81. The van der Waals surface area contributed by atoms with Crippen LogP contribution in [0.15, 0.2) is 30.9 Å². The van der Waals surface area contributed by atoms with E-state index >= 15 is 0 Å². The second kappa shape index (κ2) is 9.88. The summed E-state index contributed by atoms with van der Waals surface area (Å²) in [5, 5.41) is 4.06. The van der Waals surface area contributed by atoms with E-state index in [0.29, 0.717) is 0 Å². The van der Waals surface area contributed by atoms with Gasteiger partial charge in [0.1, 0.15) is 5.75 Å². The van der Waals surface area contributed by atoms with Gasteiger partial charge in [0, 0.05) is 17.1 Å². The summed E-state index contributed by atoms with van der Waals surface area (Å²) in [5.74, 6) is 0.939. The number of allylic oxidation sites excluding steroid dienone is 1. The number of hydrogen-bond donors (Lipinski definition) is 1. The van der Waals surface area contributed by atoms with Gasteiger partial charge < -0.3 is 10.1 Å². The first kappa shape index (κ1) is 16.1. The van der Waals surface area contributed by atoms with Crippen LogP contribution in [0.3, 0.4) is 0 Å². The van der Waals surface area contributed by atoms with Crippen molar-refractivity contribution in [3.05, 3.63) is 41.4 Å². The highest BCUT2D eigenvalue weighted by molar-refractivity contribution is 6.30. The molecule has 0 saturated heterocycles. The van der Waals surface area contributed by atoms with Crippen molar-refractivity contribution in [1.29, 1.82) is 0 Å². The Bertz CT molecular complexity index is 379. The van der Waals surface area contributed by atoms with Gasteiger partial charge in [-0.25, -0.2) is 0 Å². The van der Waals surface area contributed by atoms with Crippen molar-refractivity contribution < 1.29 is 4.74 Å². The van der Waals surface area contributed by atoms with Crippen LogP contribution in [0.5, 0.6) is 5.75 Å². The quantitative estimate of drug-likeness (QED) is 0.501. The van der Waals surface area contributed by atoms with E-state index in [4.69, 9.17) is 16.3 Å². The van der Waals surface area contributed by atoms with Gasteiger partial charge in [-0.05, 0) is 50.4 Å². The molecule has 1 aromatic rings. The number of halogens is 1. The fourth-order valence-corrected chi connectivity index (χ4v) is 2.03. The number of benzene rings is 1. The lowest BCUT2D eigenvalue weighted by Crippen LogP contribution is -2.13. The average molecular weight is 282 g/mol. The second-order valence-corrected chi connectivity index (χ2v) is 4.96. The second-order valence-electron chi connectivity index (χ2n) is 4.52. The zero-order chi connectivity index (χ0) is 13.9. The van der Waals surface area contributed by atoms with Crippen LogP contribution < -0.4 is 10.1 Å². The summed E-state index contributed by atoms with van der Waals surface area (Å²) in [5.41, 5.74) is 1.13. The molecule has 2 nitrogen and oxygen atoms in total. The molecule has 0 saturated carbocycles. The van der Waals surface area contributed by atoms with Crippen LogP contribution >= 0.6 is 11.6 Å². The Balaban J connectivity index is 2.40. The lowest BCUT2D eigenvalue weighted by atomic mass is 10.2. The Morgan fingerprint density at radius 3 is 2.89 bits per heavy atom. The molecule has 1 N–H and O–H groups in total. The first-order valence-electron chi connectivity index (χ1n) is 7.00. The molecule has 0 fully saturated rings. The van der Waals surface area contributed by atoms with Gasteiger partial charge in [0.15, 0.2) is 0 Å². The minimum Gasteiger partial charge on any atom is -0.493 e. The lowest BCUT2D eigenvalue weighted by molar-refractivity contribution is 0.302. The highest BCUT2D eigenvalue weighted by Gasteiger charge is 2.04. The van der Waals surface area contributed by atoms with Crippen molar-refractivity contribution in [2.75, 3.05) is 13.2 Å². The van der Waals surface area contributed by atoms with Gasteiger partial charge >= 0.3 is 0 Å². The number of hydrogen-bond acceptors (Lipinski definition) is 2. The van der Waals surface area contributed by atoms with Crippen LogP contribution in [-0.4, -0.2) is 13.2 Å². The third kappa shape index (κ3) is 6.65. The van der Waals surface area contributed by atoms with Gasteiger partial charge in [-0.15, -0.1) is 6.58 Å². The summed E-state index contributed by atoms with van der Waals surface area (Å²) in [6.45, 7) is 8.31. The number of ether oxygens (including phenoxy) is 1. The number of rotatable bonds is 10. The van der Waals surface area contributed by atoms with Gasteiger partial charge in [-0.2, -0.15) is 0 Å². The first-order valence-corrected chi connectivity index (χ1v) is 7.38. The van der Waals surface area contributed by atoms with Crippen molar-refractivity contribution >= 4 is 11.6 Å². The first-order chi connectivity index (χ1) is 9.27. The summed E-state index contributed by atoms with van der Waals surface area (Å²) >= 11 is 6.02. The van der Waals surface area contributed by atoms with Gasteiger partial charge in [-0.3, -0.25) is 0 Å². The van der Waals surface area contributed by atoms with E-state index in [1.807, 2.05) is 24.3 Å². The van der Waals surface area contributed by atoms with Crippen molar-refractivity contribution in [2.45, 2.75) is 39.2 Å². The Labute approximate surface area is 121 Å². The van der Waals surface area contributed by atoms with E-state index in [2.05, 4.69) is 18.8 Å². The van der Waals surface area contributed by atoms with Crippen LogP contribution in [0.1, 0.15) is 38.2 Å². The zero-order valence-electron chi connectivity index (χ0n) is 11.8. The van der Waals surface area contributed by atoms with Crippen LogP contribution in [0.25, 0.3) is 0 Å². The van der Waals surface area contributed by atoms with E-state index in [-0.39, 0.29) is 0 Å². The van der Waals surface area contributed by atoms with Crippen molar-refractivity contribution in [2.24, 2.45) is 0 Å². The molecule has 0 radical (unpaired) electrons. The maximum atomic E-state index is 6.02. The topological polar surface area (TPSA) is 21.3 Å². The molecule has 0 aliphatic rings. The smallest absolute Gasteiger partial charge is 0.123 e. The van der Waals surface area contributed by atoms with Crippen LogP contribution in [0, 0.1) is 0 Å². The largest absolute Gasteiger partial charge is 0.493 e. The molecule has 106 valence electrons. The minimum absolute atomic E-state index is 0.756. The third-order valence-corrected chi connectivity index (χ3v) is 3.13. The maximum absolute atomic E-state index is 6.02. The van der Waals surface area contributed by atoms with Gasteiger partial charge in [-0.1, -0.05) is 24.6 Å². The van der Waals surface area contributed by atoms with Crippen molar-refractivity contribution in [3.8, 4) is 5.75 Å². The highest BCUT2D eigenvalue weighted by Crippen LogP contribution is 2.23. The normalized spacial score (nSPS) is 10.4. The van der Waals surface area contributed by atoms with E-state index < -0.39 is 0 Å². The standard InChI is InChI=1S/C16H24ClNO/c1-3-5-6-7-8-11-19-16-10-9-15(17)12-14(16)13-18-4-2/h3,9-10,12,18H,1,4-8,11,13H2,2H3. The molecule has 0 atom stereocenters. The number of nitrogens with one attached hydrogen (secondary N) is 1. The minimum atomic E-state index is 0.756. The van der Waals surface area contributed by atoms with Crippen LogP contribution in [-0.2, 0) is 6.54 Å². The fraction of sp³-hybridized carbons (Fsp3) is 0.500. The molecule has 1 rings (SSSR count). The number of unbranched alkanes of at least 4 members (excludes halogenated alkanes) is 3. The third-order valence-electron chi connectivity index (χ3n) is 2.90. The predicted octanol–water partition coefficient (Wildman–Crippen LogP) is 4.57. The Hall–Kier alpha value is -0.990. The van der Waals surface area contributed by atoms with E-state index in [0.717, 1.165) is 48.9 Å². The van der Waals surface area contributed by atoms with Gasteiger partial charge in [0.05, 0.1) is 6.61 Å². The predicted molar refractivity (Wildman–Crippen MR) is 83.0 cm³/mol. The highest BCUT2D eigenvalue weighted by atomic mass is 35.5. The Kier molecular flexibility index (Phi) is 8.35. The maximum Gasteiger partial charge on any atom is 0.123 e. The Morgan fingerprint density at radius 2 is 2.16 bits per heavy atom. The molecule has 0 bridgehead atoms. The molecule has 0 spiro atoms. The summed E-state index contributed by atoms with van der Waals surface area (Å²) in [7, 11) is 0. The molecular formula is C16H24ClNO. The van der Waals surface area contributed by atoms with Crippen molar-refractivity contribution in [1.82, 2.24) is 5.32 Å². The summed E-state index contributed by atoms with van der Waals surface area (Å²) < 4.78 is 5.84.